The monoisotopic (exact) mass is 191 g/mol. The molecule has 0 aliphatic carbocycles. The normalized spacial score (nSPS) is 31.7. The van der Waals surface area contributed by atoms with Gasteiger partial charge in [0.1, 0.15) is 0 Å². The van der Waals surface area contributed by atoms with Crippen LogP contribution in [0.4, 0.5) is 0 Å². The van der Waals surface area contributed by atoms with Gasteiger partial charge in [-0.1, -0.05) is 13.8 Å². The van der Waals surface area contributed by atoms with Gasteiger partial charge < -0.3 is 4.90 Å². The third kappa shape index (κ3) is 3.81. The lowest BCUT2D eigenvalue weighted by Gasteiger charge is -2.43. The molecule has 1 atom stereocenters. The van der Waals surface area contributed by atoms with E-state index in [9.17, 15) is 0 Å². The zero-order chi connectivity index (χ0) is 9.78. The molecule has 0 aromatic rings. The summed E-state index contributed by atoms with van der Waals surface area (Å²) in [6.07, 6.45) is 4.91. The van der Waals surface area contributed by atoms with Crippen LogP contribution in [0.5, 0.6) is 0 Å². The molecule has 2 heteroatoms. The van der Waals surface area contributed by atoms with Gasteiger partial charge in [-0.3, -0.25) is 0 Å². The van der Waals surface area contributed by atoms with Crippen LogP contribution in [0.1, 0.15) is 20.8 Å². The summed E-state index contributed by atoms with van der Waals surface area (Å²) >= 11 is 0. The number of nitrogens with zero attached hydrogens (tertiary/aromatic N) is 1. The summed E-state index contributed by atoms with van der Waals surface area (Å²) in [5, 5.41) is 0. The minimum absolute atomic E-state index is 0.207. The summed E-state index contributed by atoms with van der Waals surface area (Å²) in [4.78, 5) is 2.47. The first-order valence-corrected chi connectivity index (χ1v) is 7.69. The Morgan fingerprint density at radius 3 is 2.08 bits per heavy atom. The summed E-state index contributed by atoms with van der Waals surface area (Å²) in [5.41, 5.74) is 0. The maximum absolute atomic E-state index is 2.47. The highest BCUT2D eigenvalue weighted by atomic mass is 32.3. The van der Waals surface area contributed by atoms with Gasteiger partial charge in [-0.25, -0.2) is 10.0 Å². The first-order valence-electron chi connectivity index (χ1n) is 4.90. The van der Waals surface area contributed by atoms with Gasteiger partial charge >= 0.3 is 0 Å². The van der Waals surface area contributed by atoms with Crippen LogP contribution in [-0.2, 0) is 0 Å². The van der Waals surface area contributed by atoms with Crippen molar-refractivity contribution in [1.29, 1.82) is 0 Å². The molecule has 1 rings (SSSR count). The van der Waals surface area contributed by atoms with Gasteiger partial charge in [0.05, 0.1) is 0 Å². The van der Waals surface area contributed by atoms with Crippen molar-refractivity contribution in [3.8, 4) is 0 Å². The first-order chi connectivity index (χ1) is 5.51. The van der Waals surface area contributed by atoms with Crippen LogP contribution >= 0.6 is 10.0 Å². The van der Waals surface area contributed by atoms with E-state index in [1.54, 1.807) is 0 Å². The van der Waals surface area contributed by atoms with Crippen LogP contribution in [0.3, 0.4) is 0 Å². The van der Waals surface area contributed by atoms with E-state index in [0.717, 1.165) is 6.04 Å². The van der Waals surface area contributed by atoms with Crippen molar-refractivity contribution in [1.82, 2.24) is 4.90 Å². The highest BCUT2D eigenvalue weighted by molar-refractivity contribution is 8.32. The molecule has 0 saturated carbocycles. The number of rotatable bonds is 0. The van der Waals surface area contributed by atoms with E-state index >= 15 is 0 Å². The Balaban J connectivity index is 0.000000561. The number of hydrogen-bond donors (Lipinski definition) is 0. The van der Waals surface area contributed by atoms with E-state index in [1.807, 2.05) is 13.8 Å². The van der Waals surface area contributed by atoms with Gasteiger partial charge in [-0.05, 0) is 38.0 Å². The molecule has 1 nitrogen and oxygen atoms in total. The maximum atomic E-state index is 2.47. The molecule has 0 aromatic heterocycles. The molecular weight excluding hydrogens is 166 g/mol. The Kier molecular flexibility index (Phi) is 5.26. The van der Waals surface area contributed by atoms with Crippen LogP contribution in [0, 0.1) is 0 Å². The third-order valence-corrected chi connectivity index (χ3v) is 5.11. The summed E-state index contributed by atoms with van der Waals surface area (Å²) in [7, 11) is 2.03. The van der Waals surface area contributed by atoms with E-state index < -0.39 is 0 Å². The molecule has 1 aliphatic rings. The van der Waals surface area contributed by atoms with E-state index in [1.165, 1.54) is 18.1 Å². The summed E-state index contributed by atoms with van der Waals surface area (Å²) in [6.45, 7) is 7.65. The van der Waals surface area contributed by atoms with Crippen molar-refractivity contribution in [2.45, 2.75) is 26.8 Å². The van der Waals surface area contributed by atoms with Gasteiger partial charge in [0.15, 0.2) is 0 Å². The molecular formula is C10H25NS. The molecule has 1 unspecified atom stereocenters. The minimum Gasteiger partial charge on any atom is -0.302 e. The Bertz CT molecular complexity index is 123. The topological polar surface area (TPSA) is 3.24 Å². The van der Waals surface area contributed by atoms with Crippen molar-refractivity contribution >= 4 is 10.0 Å². The molecule has 1 aliphatic heterocycles. The molecule has 0 aromatic carbocycles. The fourth-order valence-electron chi connectivity index (χ4n) is 1.48. The van der Waals surface area contributed by atoms with Crippen LogP contribution in [-0.4, -0.2) is 48.6 Å². The molecule has 1 heterocycles. The Morgan fingerprint density at radius 1 is 1.25 bits per heavy atom. The Hall–Kier alpha value is 0.310. The predicted octanol–water partition coefficient (Wildman–Crippen LogP) is 2.41. The lowest BCUT2D eigenvalue weighted by molar-refractivity contribution is 0.285. The maximum Gasteiger partial charge on any atom is 0.0140 e. The SMILES string of the molecule is CC.CC1CS(C)(C)CCN1C. The van der Waals surface area contributed by atoms with E-state index in [2.05, 4.69) is 31.4 Å². The Labute approximate surface area is 79.8 Å². The molecule has 0 bridgehead atoms. The standard InChI is InChI=1S/C8H19NS.C2H6/c1-8-7-10(3,4)6-5-9(8)2;1-2/h8H,5-7H2,1-4H3;1-2H3. The molecule has 76 valence electrons. The quantitative estimate of drug-likeness (QED) is 0.568. The van der Waals surface area contributed by atoms with Crippen LogP contribution in [0.2, 0.25) is 0 Å². The van der Waals surface area contributed by atoms with E-state index in [4.69, 9.17) is 0 Å². The zero-order valence-electron chi connectivity index (χ0n) is 9.55. The highest BCUT2D eigenvalue weighted by Crippen LogP contribution is 2.43. The minimum atomic E-state index is -0.207. The van der Waals surface area contributed by atoms with Gasteiger partial charge in [0, 0.05) is 12.6 Å². The second-order valence-corrected chi connectivity index (χ2v) is 8.24. The third-order valence-electron chi connectivity index (χ3n) is 2.44. The molecule has 0 spiro atoms. The van der Waals surface area contributed by atoms with Crippen molar-refractivity contribution < 1.29 is 0 Å². The van der Waals surface area contributed by atoms with Gasteiger partial charge in [-0.15, -0.1) is 0 Å². The molecule has 0 N–H and O–H groups in total. The second kappa shape index (κ2) is 5.13. The molecule has 1 saturated heterocycles. The fourth-order valence-corrected chi connectivity index (χ4v) is 3.98. The average molecular weight is 191 g/mol. The van der Waals surface area contributed by atoms with E-state index in [-0.39, 0.29) is 10.0 Å². The van der Waals surface area contributed by atoms with Crippen LogP contribution in [0.15, 0.2) is 0 Å². The smallest absolute Gasteiger partial charge is 0.0140 e. The fraction of sp³-hybridized carbons (Fsp3) is 1.00. The molecule has 0 amide bonds. The average Bonchev–Trinajstić information content (AvgIpc) is 2.01. The van der Waals surface area contributed by atoms with E-state index in [0.29, 0.717) is 0 Å². The molecule has 0 radical (unpaired) electrons. The molecule has 1 fully saturated rings. The van der Waals surface area contributed by atoms with Crippen LogP contribution in [0.25, 0.3) is 0 Å². The summed E-state index contributed by atoms with van der Waals surface area (Å²) in [6, 6.07) is 0.818. The van der Waals surface area contributed by atoms with Crippen molar-refractivity contribution in [3.05, 3.63) is 0 Å². The van der Waals surface area contributed by atoms with Gasteiger partial charge in [0.2, 0.25) is 0 Å². The lowest BCUT2D eigenvalue weighted by Crippen LogP contribution is -2.41. The van der Waals surface area contributed by atoms with Gasteiger partial charge in [0.25, 0.3) is 0 Å². The first kappa shape index (κ1) is 12.3. The predicted molar refractivity (Wildman–Crippen MR) is 62.6 cm³/mol. The highest BCUT2D eigenvalue weighted by Gasteiger charge is 2.24. The van der Waals surface area contributed by atoms with Crippen LogP contribution < -0.4 is 0 Å². The summed E-state index contributed by atoms with van der Waals surface area (Å²) in [5.74, 6) is 2.87. The Morgan fingerprint density at radius 2 is 1.75 bits per heavy atom. The van der Waals surface area contributed by atoms with Crippen molar-refractivity contribution in [2.24, 2.45) is 0 Å². The summed E-state index contributed by atoms with van der Waals surface area (Å²) < 4.78 is 0. The molecule has 12 heavy (non-hydrogen) atoms. The van der Waals surface area contributed by atoms with Crippen molar-refractivity contribution in [3.63, 3.8) is 0 Å². The van der Waals surface area contributed by atoms with Crippen molar-refractivity contribution in [2.75, 3.05) is 37.6 Å². The number of hydrogen-bond acceptors (Lipinski definition) is 1. The largest absolute Gasteiger partial charge is 0.302 e. The lowest BCUT2D eigenvalue weighted by atomic mass is 10.3. The second-order valence-electron chi connectivity index (χ2n) is 3.97. The zero-order valence-corrected chi connectivity index (χ0v) is 10.4. The van der Waals surface area contributed by atoms with Gasteiger partial charge in [-0.2, -0.15) is 0 Å².